The zero-order chi connectivity index (χ0) is 18.2. The number of ether oxygens (including phenoxy) is 1. The number of hydrogen-bond acceptors (Lipinski definition) is 6. The van der Waals surface area contributed by atoms with Crippen molar-refractivity contribution in [3.05, 3.63) is 16.0 Å². The van der Waals surface area contributed by atoms with E-state index in [0.29, 0.717) is 36.5 Å². The molecule has 1 fully saturated rings. The van der Waals surface area contributed by atoms with Crippen molar-refractivity contribution in [2.24, 2.45) is 5.92 Å². The average molecular weight is 386 g/mol. The zero-order valence-electron chi connectivity index (χ0n) is 14.3. The number of amides is 1. The first kappa shape index (κ1) is 18.3. The van der Waals surface area contributed by atoms with E-state index >= 15 is 0 Å². The fourth-order valence-electron chi connectivity index (χ4n) is 3.47. The van der Waals surface area contributed by atoms with Crippen LogP contribution in [0.15, 0.2) is 0 Å². The fourth-order valence-corrected chi connectivity index (χ4v) is 5.63. The van der Waals surface area contributed by atoms with Crippen LogP contribution in [0.4, 0.5) is 5.00 Å². The van der Waals surface area contributed by atoms with E-state index in [2.05, 4.69) is 5.32 Å². The Labute approximate surface area is 151 Å². The number of rotatable bonds is 4. The van der Waals surface area contributed by atoms with Gasteiger partial charge < -0.3 is 10.1 Å². The molecule has 1 aliphatic heterocycles. The van der Waals surface area contributed by atoms with Gasteiger partial charge in [0.15, 0.2) is 0 Å². The Bertz CT molecular complexity index is 792. The van der Waals surface area contributed by atoms with Crippen LogP contribution in [0.2, 0.25) is 0 Å². The Morgan fingerprint density at radius 3 is 2.52 bits per heavy atom. The molecule has 1 amide bonds. The maximum absolute atomic E-state index is 12.6. The Morgan fingerprint density at radius 2 is 1.92 bits per heavy atom. The van der Waals surface area contributed by atoms with E-state index in [-0.39, 0.29) is 11.8 Å². The number of piperidine rings is 1. The van der Waals surface area contributed by atoms with Crippen molar-refractivity contribution in [2.45, 2.75) is 32.1 Å². The van der Waals surface area contributed by atoms with E-state index in [9.17, 15) is 18.0 Å². The first-order valence-electron chi connectivity index (χ1n) is 8.30. The molecule has 2 heterocycles. The predicted molar refractivity (Wildman–Crippen MR) is 95.5 cm³/mol. The molecule has 1 aromatic heterocycles. The molecule has 0 atom stereocenters. The summed E-state index contributed by atoms with van der Waals surface area (Å²) in [6.07, 6.45) is 4.92. The first-order valence-corrected chi connectivity index (χ1v) is 11.0. The molecular formula is C16H22N2O5S2. The lowest BCUT2D eigenvalue weighted by Gasteiger charge is -2.29. The molecule has 1 aromatic rings. The van der Waals surface area contributed by atoms with Crippen LogP contribution < -0.4 is 5.32 Å². The number of carbonyl (C=O) groups excluding carboxylic acids is 2. The van der Waals surface area contributed by atoms with Crippen molar-refractivity contribution in [3.63, 3.8) is 0 Å². The highest BCUT2D eigenvalue weighted by atomic mass is 32.2. The highest BCUT2D eigenvalue weighted by Crippen LogP contribution is 2.39. The largest absolute Gasteiger partial charge is 0.465 e. The van der Waals surface area contributed by atoms with Crippen molar-refractivity contribution >= 4 is 38.2 Å². The normalized spacial score (nSPS) is 18.8. The van der Waals surface area contributed by atoms with Gasteiger partial charge in [0, 0.05) is 23.9 Å². The summed E-state index contributed by atoms with van der Waals surface area (Å²) in [4.78, 5) is 25.9. The van der Waals surface area contributed by atoms with Gasteiger partial charge in [-0.15, -0.1) is 11.3 Å². The van der Waals surface area contributed by atoms with Crippen LogP contribution in [0.3, 0.4) is 0 Å². The maximum Gasteiger partial charge on any atom is 0.341 e. The molecule has 25 heavy (non-hydrogen) atoms. The SMILES string of the molecule is COC(=O)c1c(NC(=O)C2CCN(S(C)(=O)=O)CC2)sc2c1CCC2. The number of nitrogens with zero attached hydrogens (tertiary/aromatic N) is 1. The average Bonchev–Trinajstić information content (AvgIpc) is 3.14. The van der Waals surface area contributed by atoms with E-state index in [1.165, 1.54) is 29.0 Å². The summed E-state index contributed by atoms with van der Waals surface area (Å²) in [6, 6.07) is 0. The minimum atomic E-state index is -3.21. The molecule has 3 rings (SSSR count). The summed E-state index contributed by atoms with van der Waals surface area (Å²) in [5.74, 6) is -0.819. The first-order chi connectivity index (χ1) is 11.8. The van der Waals surface area contributed by atoms with Gasteiger partial charge in [-0.25, -0.2) is 17.5 Å². The third-order valence-electron chi connectivity index (χ3n) is 4.84. The number of fused-ring (bicyclic) bond motifs is 1. The van der Waals surface area contributed by atoms with Gasteiger partial charge in [0.25, 0.3) is 0 Å². The quantitative estimate of drug-likeness (QED) is 0.794. The molecule has 7 nitrogen and oxygen atoms in total. The van der Waals surface area contributed by atoms with Crippen LogP contribution in [-0.2, 0) is 32.4 Å². The molecule has 0 radical (unpaired) electrons. The molecule has 138 valence electrons. The van der Waals surface area contributed by atoms with Crippen LogP contribution in [0.5, 0.6) is 0 Å². The molecule has 1 saturated heterocycles. The Balaban J connectivity index is 1.71. The summed E-state index contributed by atoms with van der Waals surface area (Å²) in [5.41, 5.74) is 1.49. The van der Waals surface area contributed by atoms with Gasteiger partial charge in [-0.05, 0) is 37.7 Å². The van der Waals surface area contributed by atoms with Crippen LogP contribution in [0.1, 0.15) is 40.1 Å². The molecule has 0 bridgehead atoms. The number of anilines is 1. The summed E-state index contributed by atoms with van der Waals surface area (Å²) in [7, 11) is -1.87. The topological polar surface area (TPSA) is 92.8 Å². The van der Waals surface area contributed by atoms with Crippen LogP contribution in [0, 0.1) is 5.92 Å². The van der Waals surface area contributed by atoms with Crippen LogP contribution >= 0.6 is 11.3 Å². The van der Waals surface area contributed by atoms with Gasteiger partial charge >= 0.3 is 5.97 Å². The number of carbonyl (C=O) groups is 2. The molecule has 0 aromatic carbocycles. The highest BCUT2D eigenvalue weighted by molar-refractivity contribution is 7.88. The zero-order valence-corrected chi connectivity index (χ0v) is 16.0. The van der Waals surface area contributed by atoms with Gasteiger partial charge in [0.2, 0.25) is 15.9 Å². The molecule has 2 aliphatic rings. The van der Waals surface area contributed by atoms with Crippen LogP contribution in [0.25, 0.3) is 0 Å². The number of sulfonamides is 1. The summed E-state index contributed by atoms with van der Waals surface area (Å²) < 4.78 is 29.4. The van der Waals surface area contributed by atoms with Crippen molar-refractivity contribution in [1.29, 1.82) is 0 Å². The van der Waals surface area contributed by atoms with Crippen molar-refractivity contribution in [3.8, 4) is 0 Å². The smallest absolute Gasteiger partial charge is 0.341 e. The Morgan fingerprint density at radius 1 is 1.24 bits per heavy atom. The van der Waals surface area contributed by atoms with Crippen molar-refractivity contribution in [2.75, 3.05) is 31.8 Å². The second-order valence-corrected chi connectivity index (χ2v) is 9.57. The lowest BCUT2D eigenvalue weighted by Crippen LogP contribution is -2.40. The molecule has 9 heteroatoms. The lowest BCUT2D eigenvalue weighted by molar-refractivity contribution is -0.120. The number of thiophene rings is 1. The fraction of sp³-hybridized carbons (Fsp3) is 0.625. The number of nitrogens with one attached hydrogen (secondary N) is 1. The third kappa shape index (κ3) is 3.73. The third-order valence-corrected chi connectivity index (χ3v) is 7.35. The maximum atomic E-state index is 12.6. The minimum absolute atomic E-state index is 0.154. The molecule has 1 aliphatic carbocycles. The Hall–Kier alpha value is -1.45. The predicted octanol–water partition coefficient (Wildman–Crippen LogP) is 1.63. The highest BCUT2D eigenvalue weighted by Gasteiger charge is 2.32. The number of aryl methyl sites for hydroxylation is 1. The number of methoxy groups -OCH3 is 1. The second-order valence-electron chi connectivity index (χ2n) is 6.48. The van der Waals surface area contributed by atoms with Gasteiger partial charge in [0.1, 0.15) is 5.00 Å². The standard InChI is InChI=1S/C16H22N2O5S2/c1-23-16(20)13-11-4-3-5-12(11)24-15(13)17-14(19)10-6-8-18(9-7-10)25(2,21)22/h10H,3-9H2,1-2H3,(H,17,19). The molecule has 0 unspecified atom stereocenters. The summed E-state index contributed by atoms with van der Waals surface area (Å²) in [6.45, 7) is 0.698. The molecular weight excluding hydrogens is 364 g/mol. The van der Waals surface area contributed by atoms with E-state index in [4.69, 9.17) is 4.74 Å². The van der Waals surface area contributed by atoms with Gasteiger partial charge in [0.05, 0.1) is 18.9 Å². The minimum Gasteiger partial charge on any atom is -0.465 e. The monoisotopic (exact) mass is 386 g/mol. The lowest BCUT2D eigenvalue weighted by atomic mass is 9.97. The van der Waals surface area contributed by atoms with E-state index in [1.807, 2.05) is 0 Å². The van der Waals surface area contributed by atoms with Gasteiger partial charge in [-0.1, -0.05) is 0 Å². The summed E-state index contributed by atoms with van der Waals surface area (Å²) >= 11 is 1.45. The molecule has 1 N–H and O–H groups in total. The molecule has 0 spiro atoms. The number of esters is 1. The van der Waals surface area contributed by atoms with E-state index in [1.54, 1.807) is 0 Å². The summed E-state index contributed by atoms with van der Waals surface area (Å²) in [5, 5.41) is 3.45. The number of hydrogen-bond donors (Lipinski definition) is 1. The van der Waals surface area contributed by atoms with E-state index in [0.717, 1.165) is 29.7 Å². The molecule has 0 saturated carbocycles. The van der Waals surface area contributed by atoms with Gasteiger partial charge in [-0.2, -0.15) is 0 Å². The van der Waals surface area contributed by atoms with Crippen LogP contribution in [-0.4, -0.2) is 51.1 Å². The van der Waals surface area contributed by atoms with Gasteiger partial charge in [-0.3, -0.25) is 4.79 Å². The van der Waals surface area contributed by atoms with E-state index < -0.39 is 16.0 Å². The van der Waals surface area contributed by atoms with Crippen molar-refractivity contribution < 1.29 is 22.7 Å². The van der Waals surface area contributed by atoms with Crippen molar-refractivity contribution in [1.82, 2.24) is 4.31 Å². The second kappa shape index (κ2) is 7.05. The Kier molecular flexibility index (Phi) is 5.17.